The largest absolute Gasteiger partial charge is 0.352 e. The molecule has 1 N–H and O–H groups in total. The van der Waals surface area contributed by atoms with Crippen LogP contribution in [0.1, 0.15) is 11.1 Å². The van der Waals surface area contributed by atoms with Crippen molar-refractivity contribution >= 4 is 5.91 Å². The Morgan fingerprint density at radius 2 is 1.90 bits per heavy atom. The van der Waals surface area contributed by atoms with Gasteiger partial charge in [0, 0.05) is 25.4 Å². The van der Waals surface area contributed by atoms with Crippen molar-refractivity contribution in [3.63, 3.8) is 0 Å². The Kier molecular flexibility index (Phi) is 4.30. The SMILES string of the molecule is Cn1cccc(CNC(=O)Cc2ccccc2F)c1=O. The van der Waals surface area contributed by atoms with Crippen molar-refractivity contribution in [1.29, 1.82) is 0 Å². The average molecular weight is 274 g/mol. The number of hydrogen-bond donors (Lipinski definition) is 1. The van der Waals surface area contributed by atoms with Crippen LogP contribution in [0.25, 0.3) is 0 Å². The van der Waals surface area contributed by atoms with E-state index < -0.39 is 5.82 Å². The number of aromatic nitrogens is 1. The highest BCUT2D eigenvalue weighted by Gasteiger charge is 2.08. The number of benzene rings is 1. The Hall–Kier alpha value is -2.43. The van der Waals surface area contributed by atoms with Crippen LogP contribution in [0.4, 0.5) is 4.39 Å². The third kappa shape index (κ3) is 3.32. The third-order valence-corrected chi connectivity index (χ3v) is 2.99. The number of carbonyl (C=O) groups is 1. The summed E-state index contributed by atoms with van der Waals surface area (Å²) in [7, 11) is 1.65. The minimum absolute atomic E-state index is 0.0418. The predicted octanol–water partition coefficient (Wildman–Crippen LogP) is 1.38. The fraction of sp³-hybridized carbons (Fsp3) is 0.200. The summed E-state index contributed by atoms with van der Waals surface area (Å²) in [6, 6.07) is 9.53. The van der Waals surface area contributed by atoms with E-state index in [0.29, 0.717) is 11.1 Å². The number of aryl methyl sites for hydroxylation is 1. The maximum Gasteiger partial charge on any atom is 0.255 e. The molecule has 104 valence electrons. The highest BCUT2D eigenvalue weighted by Crippen LogP contribution is 2.06. The maximum atomic E-state index is 13.4. The van der Waals surface area contributed by atoms with Crippen molar-refractivity contribution < 1.29 is 9.18 Å². The summed E-state index contributed by atoms with van der Waals surface area (Å²) in [6.07, 6.45) is 1.60. The van der Waals surface area contributed by atoms with E-state index in [1.807, 2.05) is 0 Å². The molecular weight excluding hydrogens is 259 g/mol. The van der Waals surface area contributed by atoms with Gasteiger partial charge >= 0.3 is 0 Å². The summed E-state index contributed by atoms with van der Waals surface area (Å²) < 4.78 is 14.8. The molecule has 2 rings (SSSR count). The number of amides is 1. The smallest absolute Gasteiger partial charge is 0.255 e. The molecule has 0 spiro atoms. The summed E-state index contributed by atoms with van der Waals surface area (Å²) >= 11 is 0. The van der Waals surface area contributed by atoms with Crippen LogP contribution >= 0.6 is 0 Å². The van der Waals surface area contributed by atoms with E-state index >= 15 is 0 Å². The molecule has 0 aliphatic heterocycles. The molecule has 1 heterocycles. The Morgan fingerprint density at radius 3 is 2.65 bits per heavy atom. The first-order valence-corrected chi connectivity index (χ1v) is 6.22. The standard InChI is InChI=1S/C15H15FN2O2/c1-18-8-4-6-12(15(18)20)10-17-14(19)9-11-5-2-3-7-13(11)16/h2-8H,9-10H2,1H3,(H,17,19). The molecule has 0 bridgehead atoms. The Bertz CT molecular complexity index is 680. The first-order chi connectivity index (χ1) is 9.58. The molecular formula is C15H15FN2O2. The highest BCUT2D eigenvalue weighted by atomic mass is 19.1. The molecule has 0 aliphatic carbocycles. The second-order valence-corrected chi connectivity index (χ2v) is 4.49. The molecule has 0 saturated carbocycles. The number of pyridine rings is 1. The molecule has 0 radical (unpaired) electrons. The molecule has 0 unspecified atom stereocenters. The van der Waals surface area contributed by atoms with Gasteiger partial charge in [-0.25, -0.2) is 4.39 Å². The van der Waals surface area contributed by atoms with Gasteiger partial charge in [0.05, 0.1) is 6.42 Å². The van der Waals surface area contributed by atoms with Crippen molar-refractivity contribution in [1.82, 2.24) is 9.88 Å². The monoisotopic (exact) mass is 274 g/mol. The minimum Gasteiger partial charge on any atom is -0.352 e. The molecule has 1 aromatic carbocycles. The van der Waals surface area contributed by atoms with Crippen molar-refractivity contribution in [3.8, 4) is 0 Å². The number of nitrogens with zero attached hydrogens (tertiary/aromatic N) is 1. The second kappa shape index (κ2) is 6.14. The van der Waals surface area contributed by atoms with Crippen LogP contribution < -0.4 is 10.9 Å². The van der Waals surface area contributed by atoms with Crippen LogP contribution in [0.3, 0.4) is 0 Å². The Balaban J connectivity index is 1.98. The van der Waals surface area contributed by atoms with Crippen LogP contribution in [-0.4, -0.2) is 10.5 Å². The summed E-state index contributed by atoms with van der Waals surface area (Å²) in [5.41, 5.74) is 0.682. The summed E-state index contributed by atoms with van der Waals surface area (Å²) in [4.78, 5) is 23.5. The van der Waals surface area contributed by atoms with Gasteiger partial charge in [0.15, 0.2) is 0 Å². The molecule has 2 aromatic rings. The molecule has 20 heavy (non-hydrogen) atoms. The van der Waals surface area contributed by atoms with Gasteiger partial charge in [0.2, 0.25) is 5.91 Å². The van der Waals surface area contributed by atoms with Gasteiger partial charge in [-0.3, -0.25) is 9.59 Å². The van der Waals surface area contributed by atoms with Gasteiger partial charge in [-0.2, -0.15) is 0 Å². The lowest BCUT2D eigenvalue weighted by Crippen LogP contribution is -2.29. The van der Waals surface area contributed by atoms with E-state index in [0.717, 1.165) is 0 Å². The molecule has 0 aliphatic rings. The average Bonchev–Trinajstić information content (AvgIpc) is 2.43. The minimum atomic E-state index is -0.404. The van der Waals surface area contributed by atoms with E-state index in [2.05, 4.69) is 5.32 Å². The van der Waals surface area contributed by atoms with Crippen LogP contribution in [0.5, 0.6) is 0 Å². The van der Waals surface area contributed by atoms with Gasteiger partial charge in [-0.1, -0.05) is 24.3 Å². The summed E-state index contributed by atoms with van der Waals surface area (Å²) in [5.74, 6) is -0.723. The number of hydrogen-bond acceptors (Lipinski definition) is 2. The topological polar surface area (TPSA) is 51.1 Å². The van der Waals surface area contributed by atoms with E-state index in [1.165, 1.54) is 10.6 Å². The Labute approximate surface area is 115 Å². The van der Waals surface area contributed by atoms with E-state index in [-0.39, 0.29) is 24.4 Å². The van der Waals surface area contributed by atoms with Gasteiger partial charge in [-0.05, 0) is 17.7 Å². The molecule has 5 heteroatoms. The lowest BCUT2D eigenvalue weighted by molar-refractivity contribution is -0.120. The number of halogens is 1. The number of rotatable bonds is 4. The quantitative estimate of drug-likeness (QED) is 0.916. The first kappa shape index (κ1) is 14.0. The van der Waals surface area contributed by atoms with Gasteiger partial charge < -0.3 is 9.88 Å². The molecule has 0 saturated heterocycles. The zero-order valence-electron chi connectivity index (χ0n) is 11.1. The zero-order valence-corrected chi connectivity index (χ0v) is 11.1. The predicted molar refractivity (Wildman–Crippen MR) is 73.6 cm³/mol. The van der Waals surface area contributed by atoms with Crippen LogP contribution in [0, 0.1) is 5.82 Å². The fourth-order valence-corrected chi connectivity index (χ4v) is 1.86. The van der Waals surface area contributed by atoms with Crippen LogP contribution in [0.15, 0.2) is 47.4 Å². The molecule has 0 atom stereocenters. The molecule has 0 fully saturated rings. The lowest BCUT2D eigenvalue weighted by Gasteiger charge is -2.06. The number of carbonyl (C=O) groups excluding carboxylic acids is 1. The molecule has 1 aromatic heterocycles. The van der Waals surface area contributed by atoms with Crippen molar-refractivity contribution in [2.24, 2.45) is 7.05 Å². The zero-order chi connectivity index (χ0) is 14.5. The Morgan fingerprint density at radius 1 is 1.20 bits per heavy atom. The van der Waals surface area contributed by atoms with E-state index in [4.69, 9.17) is 0 Å². The van der Waals surface area contributed by atoms with Gasteiger partial charge in [0.25, 0.3) is 5.56 Å². The van der Waals surface area contributed by atoms with Crippen molar-refractivity contribution in [2.45, 2.75) is 13.0 Å². The lowest BCUT2D eigenvalue weighted by atomic mass is 10.1. The van der Waals surface area contributed by atoms with E-state index in [1.54, 1.807) is 43.6 Å². The van der Waals surface area contributed by atoms with Crippen LogP contribution in [0.2, 0.25) is 0 Å². The number of nitrogens with one attached hydrogen (secondary N) is 1. The third-order valence-electron chi connectivity index (χ3n) is 2.99. The molecule has 4 nitrogen and oxygen atoms in total. The highest BCUT2D eigenvalue weighted by molar-refractivity contribution is 5.78. The van der Waals surface area contributed by atoms with Gasteiger partial charge in [-0.15, -0.1) is 0 Å². The summed E-state index contributed by atoms with van der Waals surface area (Å²) in [5, 5.41) is 2.62. The van der Waals surface area contributed by atoms with Crippen molar-refractivity contribution in [3.05, 3.63) is 69.9 Å². The van der Waals surface area contributed by atoms with Crippen molar-refractivity contribution in [2.75, 3.05) is 0 Å². The molecule has 1 amide bonds. The van der Waals surface area contributed by atoms with E-state index in [9.17, 15) is 14.0 Å². The fourth-order valence-electron chi connectivity index (χ4n) is 1.86. The second-order valence-electron chi connectivity index (χ2n) is 4.49. The summed E-state index contributed by atoms with van der Waals surface area (Å²) in [6.45, 7) is 0.140. The normalized spacial score (nSPS) is 10.3. The van der Waals surface area contributed by atoms with Crippen LogP contribution in [-0.2, 0) is 24.8 Å². The maximum absolute atomic E-state index is 13.4. The first-order valence-electron chi connectivity index (χ1n) is 6.22. The van der Waals surface area contributed by atoms with Gasteiger partial charge in [0.1, 0.15) is 5.82 Å².